The Morgan fingerprint density at radius 1 is 1.21 bits per heavy atom. The fraction of sp³-hybridized carbons (Fsp3) is 0.353. The van der Waals surface area contributed by atoms with Gasteiger partial charge in [-0.2, -0.15) is 0 Å². The van der Waals surface area contributed by atoms with E-state index in [0.29, 0.717) is 19.1 Å². The third-order valence-electron chi connectivity index (χ3n) is 3.59. The van der Waals surface area contributed by atoms with Crippen molar-refractivity contribution in [1.29, 1.82) is 0 Å². The Bertz CT molecular complexity index is 724. The zero-order valence-electron chi connectivity index (χ0n) is 13.7. The predicted molar refractivity (Wildman–Crippen MR) is 95.1 cm³/mol. The van der Waals surface area contributed by atoms with Gasteiger partial charge in [-0.25, -0.2) is 4.68 Å². The van der Waals surface area contributed by atoms with Crippen LogP contribution in [0.15, 0.2) is 41.8 Å². The van der Waals surface area contributed by atoms with Crippen molar-refractivity contribution in [1.82, 2.24) is 20.2 Å². The first-order valence-electron chi connectivity index (χ1n) is 8.09. The van der Waals surface area contributed by atoms with Crippen molar-refractivity contribution in [3.05, 3.63) is 52.2 Å². The van der Waals surface area contributed by atoms with Gasteiger partial charge in [0.2, 0.25) is 5.95 Å². The standard InChI is InChI=1S/C17H21N5OS/c1-2-3-10-22-17(19-20-21-22)18-12-14-6-8-15(9-7-14)23-13-16-5-4-11-24-16/h4-9,11H,2-3,10,12-13H2,1H3,(H,18,19,21). The van der Waals surface area contributed by atoms with Gasteiger partial charge < -0.3 is 10.1 Å². The predicted octanol–water partition coefficient (Wildman–Crippen LogP) is 3.73. The molecule has 1 aromatic carbocycles. The van der Waals surface area contributed by atoms with Crippen molar-refractivity contribution in [3.63, 3.8) is 0 Å². The lowest BCUT2D eigenvalue weighted by Crippen LogP contribution is -2.09. The Kier molecular flexibility index (Phi) is 5.79. The molecule has 2 heterocycles. The Labute approximate surface area is 145 Å². The maximum absolute atomic E-state index is 5.77. The van der Waals surface area contributed by atoms with E-state index in [-0.39, 0.29) is 0 Å². The maximum atomic E-state index is 5.77. The van der Waals surface area contributed by atoms with Gasteiger partial charge in [-0.05, 0) is 46.0 Å². The zero-order chi connectivity index (χ0) is 16.6. The van der Waals surface area contributed by atoms with Crippen LogP contribution in [0.1, 0.15) is 30.2 Å². The molecule has 0 atom stereocenters. The van der Waals surface area contributed by atoms with E-state index >= 15 is 0 Å². The quantitative estimate of drug-likeness (QED) is 0.641. The number of rotatable bonds is 9. The molecule has 0 spiro atoms. The van der Waals surface area contributed by atoms with Crippen LogP contribution in [0.4, 0.5) is 5.95 Å². The minimum Gasteiger partial charge on any atom is -0.488 e. The van der Waals surface area contributed by atoms with Gasteiger partial charge in [0.1, 0.15) is 12.4 Å². The van der Waals surface area contributed by atoms with Crippen molar-refractivity contribution >= 4 is 17.3 Å². The van der Waals surface area contributed by atoms with Crippen molar-refractivity contribution in [2.24, 2.45) is 0 Å². The molecular formula is C17H21N5OS. The van der Waals surface area contributed by atoms with Crippen LogP contribution in [-0.4, -0.2) is 20.2 Å². The van der Waals surface area contributed by atoms with Crippen molar-refractivity contribution < 1.29 is 4.74 Å². The van der Waals surface area contributed by atoms with Gasteiger partial charge in [0, 0.05) is 18.0 Å². The molecule has 0 bridgehead atoms. The molecule has 0 radical (unpaired) electrons. The first-order valence-corrected chi connectivity index (χ1v) is 8.97. The van der Waals surface area contributed by atoms with Gasteiger partial charge in [-0.3, -0.25) is 0 Å². The van der Waals surface area contributed by atoms with Crippen molar-refractivity contribution in [2.75, 3.05) is 5.32 Å². The number of unbranched alkanes of at least 4 members (excludes halogenated alkanes) is 1. The molecule has 0 saturated heterocycles. The molecule has 0 amide bonds. The van der Waals surface area contributed by atoms with Crippen molar-refractivity contribution in [3.8, 4) is 5.75 Å². The molecule has 0 aliphatic carbocycles. The number of benzene rings is 1. The lowest BCUT2D eigenvalue weighted by molar-refractivity contribution is 0.310. The number of tetrazole rings is 1. The fourth-order valence-corrected chi connectivity index (χ4v) is 2.84. The first-order chi connectivity index (χ1) is 11.8. The SMILES string of the molecule is CCCCn1nnnc1NCc1ccc(OCc2cccs2)cc1. The minimum atomic E-state index is 0.613. The zero-order valence-corrected chi connectivity index (χ0v) is 14.5. The molecule has 0 saturated carbocycles. The Morgan fingerprint density at radius 2 is 2.08 bits per heavy atom. The molecule has 0 aliphatic rings. The van der Waals surface area contributed by atoms with E-state index in [1.807, 2.05) is 22.9 Å². The highest BCUT2D eigenvalue weighted by molar-refractivity contribution is 7.09. The highest BCUT2D eigenvalue weighted by atomic mass is 32.1. The third kappa shape index (κ3) is 4.55. The average molecular weight is 343 g/mol. The highest BCUT2D eigenvalue weighted by Gasteiger charge is 2.05. The van der Waals surface area contributed by atoms with Gasteiger partial charge in [0.15, 0.2) is 0 Å². The molecule has 126 valence electrons. The number of hydrogen-bond acceptors (Lipinski definition) is 6. The second-order valence-electron chi connectivity index (χ2n) is 5.44. The summed E-state index contributed by atoms with van der Waals surface area (Å²) in [6.07, 6.45) is 2.18. The summed E-state index contributed by atoms with van der Waals surface area (Å²) in [5.41, 5.74) is 1.16. The second kappa shape index (κ2) is 8.44. The number of aromatic nitrogens is 4. The summed E-state index contributed by atoms with van der Waals surface area (Å²) in [6, 6.07) is 12.2. The molecule has 1 N–H and O–H groups in total. The average Bonchev–Trinajstić information content (AvgIpc) is 3.29. The highest BCUT2D eigenvalue weighted by Crippen LogP contribution is 2.17. The minimum absolute atomic E-state index is 0.613. The van der Waals surface area contributed by atoms with Crippen LogP contribution in [0.3, 0.4) is 0 Å². The molecule has 2 aromatic heterocycles. The lowest BCUT2D eigenvalue weighted by Gasteiger charge is -2.08. The summed E-state index contributed by atoms with van der Waals surface area (Å²) in [7, 11) is 0. The summed E-state index contributed by atoms with van der Waals surface area (Å²) in [4.78, 5) is 1.22. The van der Waals surface area contributed by atoms with Crippen LogP contribution in [0.2, 0.25) is 0 Å². The second-order valence-corrected chi connectivity index (χ2v) is 6.48. The Morgan fingerprint density at radius 3 is 2.83 bits per heavy atom. The van der Waals surface area contributed by atoms with E-state index in [9.17, 15) is 0 Å². The molecular weight excluding hydrogens is 322 g/mol. The first kappa shape index (κ1) is 16.4. The molecule has 3 rings (SSSR count). The largest absolute Gasteiger partial charge is 0.488 e. The van der Waals surface area contributed by atoms with Gasteiger partial charge in [0.25, 0.3) is 0 Å². The third-order valence-corrected chi connectivity index (χ3v) is 4.44. The summed E-state index contributed by atoms with van der Waals surface area (Å²) in [5, 5.41) is 17.1. The van der Waals surface area contributed by atoms with E-state index in [1.165, 1.54) is 4.88 Å². The molecule has 0 unspecified atom stereocenters. The molecule has 3 aromatic rings. The number of ether oxygens (including phenoxy) is 1. The molecule has 24 heavy (non-hydrogen) atoms. The Hall–Kier alpha value is -2.41. The normalized spacial score (nSPS) is 10.7. The van der Waals surface area contributed by atoms with Crippen LogP contribution in [0.25, 0.3) is 0 Å². The summed E-state index contributed by atoms with van der Waals surface area (Å²) >= 11 is 1.70. The van der Waals surface area contributed by atoms with Crippen LogP contribution in [0, 0.1) is 0 Å². The van der Waals surface area contributed by atoms with Crippen LogP contribution < -0.4 is 10.1 Å². The summed E-state index contributed by atoms with van der Waals surface area (Å²) in [6.45, 7) is 4.28. The number of nitrogens with zero attached hydrogens (tertiary/aromatic N) is 4. The van der Waals surface area contributed by atoms with E-state index < -0.39 is 0 Å². The van der Waals surface area contributed by atoms with Crippen LogP contribution >= 0.6 is 11.3 Å². The van der Waals surface area contributed by atoms with E-state index in [4.69, 9.17) is 4.74 Å². The van der Waals surface area contributed by atoms with Gasteiger partial charge in [0.05, 0.1) is 0 Å². The van der Waals surface area contributed by atoms with Crippen molar-refractivity contribution in [2.45, 2.75) is 39.5 Å². The number of nitrogens with one attached hydrogen (secondary N) is 1. The van der Waals surface area contributed by atoms with E-state index in [2.05, 4.69) is 51.3 Å². The topological polar surface area (TPSA) is 64.9 Å². The molecule has 0 aliphatic heterocycles. The van der Waals surface area contributed by atoms with Crippen LogP contribution in [-0.2, 0) is 19.7 Å². The van der Waals surface area contributed by atoms with E-state index in [0.717, 1.165) is 30.7 Å². The monoisotopic (exact) mass is 343 g/mol. The summed E-state index contributed by atoms with van der Waals surface area (Å²) in [5.74, 6) is 1.58. The number of anilines is 1. The van der Waals surface area contributed by atoms with E-state index in [1.54, 1.807) is 11.3 Å². The smallest absolute Gasteiger partial charge is 0.243 e. The number of aryl methyl sites for hydroxylation is 1. The lowest BCUT2D eigenvalue weighted by atomic mass is 10.2. The molecule has 0 fully saturated rings. The Balaban J connectivity index is 1.50. The molecule has 6 nitrogen and oxygen atoms in total. The van der Waals surface area contributed by atoms with Gasteiger partial charge >= 0.3 is 0 Å². The maximum Gasteiger partial charge on any atom is 0.243 e. The molecule has 7 heteroatoms. The fourth-order valence-electron chi connectivity index (χ4n) is 2.22. The number of thiophene rings is 1. The number of hydrogen-bond donors (Lipinski definition) is 1. The van der Waals surface area contributed by atoms with Crippen LogP contribution in [0.5, 0.6) is 5.75 Å². The van der Waals surface area contributed by atoms with Gasteiger partial charge in [-0.15, -0.1) is 11.3 Å². The van der Waals surface area contributed by atoms with Gasteiger partial charge in [-0.1, -0.05) is 36.6 Å². The summed E-state index contributed by atoms with van der Waals surface area (Å²) < 4.78 is 7.58.